The zero-order valence-corrected chi connectivity index (χ0v) is 19.1. The molecule has 0 aromatic carbocycles. The zero-order chi connectivity index (χ0) is 23.0. The molecule has 3 aromatic heterocycles. The van der Waals surface area contributed by atoms with E-state index in [1.807, 2.05) is 6.07 Å². The SMILES string of the molecule is CCn1c(=O)[nH]c2cc(CN3CCC(F)(c4ccc(C(=O)NC)nc4C)CC3)sc2c1=O. The predicted molar refractivity (Wildman–Crippen MR) is 122 cm³/mol. The van der Waals surface area contributed by atoms with E-state index in [4.69, 9.17) is 0 Å². The van der Waals surface area contributed by atoms with Crippen molar-refractivity contribution in [3.8, 4) is 0 Å². The molecule has 0 spiro atoms. The molecule has 0 saturated carbocycles. The fourth-order valence-corrected chi connectivity index (χ4v) is 5.40. The van der Waals surface area contributed by atoms with Gasteiger partial charge in [-0.1, -0.05) is 6.07 Å². The molecular formula is C22H26FN5O3S. The molecule has 1 aliphatic heterocycles. The lowest BCUT2D eigenvalue weighted by atomic mass is 9.85. The molecule has 0 bridgehead atoms. The number of halogens is 1. The number of aryl methyl sites for hydroxylation is 1. The van der Waals surface area contributed by atoms with E-state index in [9.17, 15) is 14.4 Å². The summed E-state index contributed by atoms with van der Waals surface area (Å²) in [6, 6.07) is 5.07. The molecule has 1 saturated heterocycles. The number of rotatable bonds is 5. The summed E-state index contributed by atoms with van der Waals surface area (Å²) in [5.41, 5.74) is -0.269. The first-order valence-corrected chi connectivity index (χ1v) is 11.4. The molecule has 1 aliphatic rings. The molecule has 170 valence electrons. The van der Waals surface area contributed by atoms with Gasteiger partial charge in [0.05, 0.1) is 5.52 Å². The highest BCUT2D eigenvalue weighted by Crippen LogP contribution is 2.39. The number of nitrogens with zero attached hydrogens (tertiary/aromatic N) is 3. The minimum Gasteiger partial charge on any atom is -0.354 e. The Morgan fingerprint density at radius 1 is 1.31 bits per heavy atom. The molecule has 0 atom stereocenters. The van der Waals surface area contributed by atoms with Crippen LogP contribution in [0, 0.1) is 6.92 Å². The van der Waals surface area contributed by atoms with Crippen molar-refractivity contribution in [1.82, 2.24) is 24.8 Å². The van der Waals surface area contributed by atoms with Crippen molar-refractivity contribution >= 4 is 27.5 Å². The van der Waals surface area contributed by atoms with Crippen LogP contribution in [0.2, 0.25) is 0 Å². The van der Waals surface area contributed by atoms with Crippen LogP contribution in [0.5, 0.6) is 0 Å². The topological polar surface area (TPSA) is 100 Å². The van der Waals surface area contributed by atoms with E-state index in [2.05, 4.69) is 20.2 Å². The van der Waals surface area contributed by atoms with Gasteiger partial charge in [-0.25, -0.2) is 14.2 Å². The summed E-state index contributed by atoms with van der Waals surface area (Å²) < 4.78 is 17.5. The maximum absolute atomic E-state index is 15.8. The van der Waals surface area contributed by atoms with Crippen LogP contribution in [0.25, 0.3) is 10.2 Å². The predicted octanol–water partition coefficient (Wildman–Crippen LogP) is 2.30. The van der Waals surface area contributed by atoms with E-state index < -0.39 is 11.4 Å². The molecule has 8 nitrogen and oxygen atoms in total. The van der Waals surface area contributed by atoms with Gasteiger partial charge >= 0.3 is 5.69 Å². The van der Waals surface area contributed by atoms with Crippen LogP contribution in [0.1, 0.15) is 46.4 Å². The molecule has 4 heterocycles. The number of aromatic nitrogens is 3. The number of aromatic amines is 1. The maximum Gasteiger partial charge on any atom is 0.328 e. The first-order valence-electron chi connectivity index (χ1n) is 10.6. The van der Waals surface area contributed by atoms with Gasteiger partial charge in [0.25, 0.3) is 11.5 Å². The highest BCUT2D eigenvalue weighted by molar-refractivity contribution is 7.18. The number of pyridine rings is 1. The Hall–Kier alpha value is -2.85. The fourth-order valence-electron chi connectivity index (χ4n) is 4.30. The van der Waals surface area contributed by atoms with Crippen LogP contribution < -0.4 is 16.6 Å². The summed E-state index contributed by atoms with van der Waals surface area (Å²) in [6.45, 7) is 5.51. The Balaban J connectivity index is 1.48. The Kier molecular flexibility index (Phi) is 6.00. The molecule has 10 heteroatoms. The van der Waals surface area contributed by atoms with E-state index in [1.165, 1.54) is 23.0 Å². The van der Waals surface area contributed by atoms with Gasteiger partial charge in [-0.15, -0.1) is 11.3 Å². The van der Waals surface area contributed by atoms with Crippen molar-refractivity contribution in [3.05, 3.63) is 60.9 Å². The van der Waals surface area contributed by atoms with Crippen LogP contribution >= 0.6 is 11.3 Å². The molecule has 0 unspecified atom stereocenters. The van der Waals surface area contributed by atoms with Crippen molar-refractivity contribution < 1.29 is 9.18 Å². The van der Waals surface area contributed by atoms with Gasteiger partial charge in [-0.05, 0) is 38.8 Å². The third kappa shape index (κ3) is 4.00. The number of carbonyl (C=O) groups excluding carboxylic acids is 1. The van der Waals surface area contributed by atoms with Crippen LogP contribution in [0.3, 0.4) is 0 Å². The lowest BCUT2D eigenvalue weighted by molar-refractivity contribution is 0.0521. The van der Waals surface area contributed by atoms with Crippen molar-refractivity contribution in [1.29, 1.82) is 0 Å². The van der Waals surface area contributed by atoms with Gasteiger partial charge in [0.1, 0.15) is 16.1 Å². The van der Waals surface area contributed by atoms with E-state index in [1.54, 1.807) is 26.0 Å². The monoisotopic (exact) mass is 459 g/mol. The second kappa shape index (κ2) is 8.59. The zero-order valence-electron chi connectivity index (χ0n) is 18.3. The maximum atomic E-state index is 15.8. The minimum atomic E-state index is -1.49. The molecular weight excluding hydrogens is 433 g/mol. The first kappa shape index (κ1) is 22.3. The average molecular weight is 460 g/mol. The number of amides is 1. The summed E-state index contributed by atoms with van der Waals surface area (Å²) in [5.74, 6) is -0.294. The van der Waals surface area contributed by atoms with Gasteiger partial charge in [0.15, 0.2) is 0 Å². The number of likely N-dealkylation sites (tertiary alicyclic amines) is 1. The Bertz CT molecular complexity index is 1290. The number of alkyl halides is 1. The van der Waals surface area contributed by atoms with Crippen molar-refractivity contribution in [2.45, 2.75) is 45.4 Å². The second-order valence-electron chi connectivity index (χ2n) is 8.09. The number of piperidine rings is 1. The summed E-state index contributed by atoms with van der Waals surface area (Å²) in [4.78, 5) is 46.5. The number of carbonyl (C=O) groups is 1. The largest absolute Gasteiger partial charge is 0.354 e. The second-order valence-corrected chi connectivity index (χ2v) is 9.22. The molecule has 4 rings (SSSR count). The van der Waals surface area contributed by atoms with Crippen LogP contribution in [-0.4, -0.2) is 45.5 Å². The quantitative estimate of drug-likeness (QED) is 0.610. The summed E-state index contributed by atoms with van der Waals surface area (Å²) in [6.07, 6.45) is 0.637. The van der Waals surface area contributed by atoms with E-state index in [-0.39, 0.29) is 17.2 Å². The fraction of sp³-hybridized carbons (Fsp3) is 0.455. The number of hydrogen-bond acceptors (Lipinski definition) is 6. The normalized spacial score (nSPS) is 16.4. The highest BCUT2D eigenvalue weighted by Gasteiger charge is 2.38. The molecule has 0 aliphatic carbocycles. The molecule has 2 N–H and O–H groups in total. The van der Waals surface area contributed by atoms with E-state index in [0.717, 1.165) is 4.88 Å². The lowest BCUT2D eigenvalue weighted by Crippen LogP contribution is -2.40. The molecule has 3 aromatic rings. The number of hydrogen-bond donors (Lipinski definition) is 2. The van der Waals surface area contributed by atoms with Crippen LogP contribution in [-0.2, 0) is 18.8 Å². The smallest absolute Gasteiger partial charge is 0.328 e. The Morgan fingerprint density at radius 2 is 2.03 bits per heavy atom. The molecule has 32 heavy (non-hydrogen) atoms. The van der Waals surface area contributed by atoms with Gasteiger partial charge in [-0.3, -0.25) is 19.1 Å². The molecule has 1 fully saturated rings. The number of nitrogens with one attached hydrogen (secondary N) is 2. The van der Waals surface area contributed by atoms with E-state index >= 15 is 4.39 Å². The first-order chi connectivity index (χ1) is 15.3. The third-order valence-electron chi connectivity index (χ3n) is 6.08. The van der Waals surface area contributed by atoms with Gasteiger partial charge < -0.3 is 10.3 Å². The third-order valence-corrected chi connectivity index (χ3v) is 7.19. The summed E-state index contributed by atoms with van der Waals surface area (Å²) >= 11 is 1.37. The van der Waals surface area contributed by atoms with Gasteiger partial charge in [-0.2, -0.15) is 0 Å². The minimum absolute atomic E-state index is 0.271. The van der Waals surface area contributed by atoms with Crippen molar-refractivity contribution in [2.24, 2.45) is 0 Å². The average Bonchev–Trinajstić information content (AvgIpc) is 3.17. The molecule has 0 radical (unpaired) electrons. The molecule has 1 amide bonds. The van der Waals surface area contributed by atoms with Gasteiger partial charge in [0.2, 0.25) is 0 Å². The van der Waals surface area contributed by atoms with Crippen molar-refractivity contribution in [3.63, 3.8) is 0 Å². The number of H-pyrrole nitrogens is 1. The van der Waals surface area contributed by atoms with Gasteiger partial charge in [0, 0.05) is 49.4 Å². The Labute approximate surface area is 188 Å². The highest BCUT2D eigenvalue weighted by atomic mass is 32.1. The summed E-state index contributed by atoms with van der Waals surface area (Å²) in [7, 11) is 1.53. The van der Waals surface area contributed by atoms with Crippen LogP contribution in [0.4, 0.5) is 4.39 Å². The number of fused-ring (bicyclic) bond motifs is 1. The standard InChI is InChI=1S/C22H26FN5O3S/c1-4-28-20(30)18-17(26-21(28)31)11-14(32-18)12-27-9-7-22(23,8-10-27)15-5-6-16(19(29)24-3)25-13(15)2/h5-6,11H,4,7-10,12H2,1-3H3,(H,24,29)(H,26,31). The summed E-state index contributed by atoms with van der Waals surface area (Å²) in [5, 5.41) is 2.53. The van der Waals surface area contributed by atoms with Crippen molar-refractivity contribution in [2.75, 3.05) is 20.1 Å². The van der Waals surface area contributed by atoms with Crippen LogP contribution in [0.15, 0.2) is 27.8 Å². The van der Waals surface area contributed by atoms with E-state index in [0.29, 0.717) is 60.5 Å². The number of thiophene rings is 1. The Morgan fingerprint density at radius 3 is 2.66 bits per heavy atom. The lowest BCUT2D eigenvalue weighted by Gasteiger charge is -2.37.